The van der Waals surface area contributed by atoms with Crippen LogP contribution in [0.4, 0.5) is 4.39 Å². The lowest BCUT2D eigenvalue weighted by molar-refractivity contribution is 0.261. The van der Waals surface area contributed by atoms with Crippen molar-refractivity contribution in [1.82, 2.24) is 10.6 Å². The fraction of sp³-hybridized carbons (Fsp3) is 0.292. The number of ether oxygens (including phenoxy) is 1. The third kappa shape index (κ3) is 6.46. The third-order valence-corrected chi connectivity index (χ3v) is 5.12. The molecule has 1 aliphatic heterocycles. The average molecular weight is 535 g/mol. The number of hydrogen-bond acceptors (Lipinski definition) is 3. The second-order valence-electron chi connectivity index (χ2n) is 7.20. The number of halogens is 2. The Kier molecular flexibility index (Phi) is 8.75. The van der Waals surface area contributed by atoms with E-state index in [4.69, 9.17) is 14.1 Å². The van der Waals surface area contributed by atoms with Gasteiger partial charge in [-0.15, -0.1) is 24.0 Å². The Balaban J connectivity index is 0.00000272. The Morgan fingerprint density at radius 1 is 1.03 bits per heavy atom. The normalized spacial score (nSPS) is 15.4. The van der Waals surface area contributed by atoms with Crippen molar-refractivity contribution in [3.63, 3.8) is 0 Å². The molecule has 0 saturated carbocycles. The summed E-state index contributed by atoms with van der Waals surface area (Å²) in [5, 5.41) is 6.88. The number of aliphatic imine (C=N–C) groups is 1. The van der Waals surface area contributed by atoms with Gasteiger partial charge in [0.2, 0.25) is 0 Å². The van der Waals surface area contributed by atoms with Crippen LogP contribution in [-0.2, 0) is 12.8 Å². The molecule has 0 aliphatic carbocycles. The summed E-state index contributed by atoms with van der Waals surface area (Å²) in [5.41, 5.74) is 1.81. The maximum Gasteiger partial charge on any atom is 0.191 e. The number of nitrogens with zero attached hydrogens (tertiary/aromatic N) is 1. The molecule has 0 saturated heterocycles. The molecule has 1 aromatic heterocycles. The Hall–Kier alpha value is -2.55. The lowest BCUT2D eigenvalue weighted by atomic mass is 10.0. The summed E-state index contributed by atoms with van der Waals surface area (Å²) in [5.74, 6) is 2.34. The Morgan fingerprint density at radius 3 is 2.71 bits per heavy atom. The molecular weight excluding hydrogens is 508 g/mol. The van der Waals surface area contributed by atoms with Gasteiger partial charge in [-0.3, -0.25) is 4.99 Å². The lowest BCUT2D eigenvalue weighted by Gasteiger charge is -2.28. The van der Waals surface area contributed by atoms with Crippen LogP contribution in [0.3, 0.4) is 0 Å². The van der Waals surface area contributed by atoms with Gasteiger partial charge in [0.1, 0.15) is 17.3 Å². The van der Waals surface area contributed by atoms with E-state index in [1.807, 2.05) is 42.5 Å². The Morgan fingerprint density at radius 2 is 1.87 bits per heavy atom. The SMILES string of the molecule is Fc1ccccc1CCNC(=NCCc1ccco1)NC1CCOc2ccccc21.I. The fourth-order valence-corrected chi connectivity index (χ4v) is 3.56. The molecule has 5 nitrogen and oxygen atoms in total. The average Bonchev–Trinajstić information content (AvgIpc) is 3.29. The minimum Gasteiger partial charge on any atom is -0.493 e. The van der Waals surface area contributed by atoms with E-state index >= 15 is 0 Å². The van der Waals surface area contributed by atoms with Gasteiger partial charge >= 0.3 is 0 Å². The summed E-state index contributed by atoms with van der Waals surface area (Å²) in [6.07, 6.45) is 3.82. The topological polar surface area (TPSA) is 58.8 Å². The van der Waals surface area contributed by atoms with E-state index in [0.29, 0.717) is 37.6 Å². The van der Waals surface area contributed by atoms with E-state index in [1.165, 1.54) is 6.07 Å². The standard InChI is InChI=1S/C24H26FN3O2.HI/c25-21-9-3-1-6-18(21)11-14-26-24(27-15-12-19-7-5-16-29-19)28-22-13-17-30-23-10-4-2-8-20(22)23;/h1-10,16,22H,11-15,17H2,(H2,26,27,28);1H. The number of rotatable bonds is 7. The molecule has 0 amide bonds. The van der Waals surface area contributed by atoms with Crippen molar-refractivity contribution < 1.29 is 13.5 Å². The van der Waals surface area contributed by atoms with Crippen LogP contribution < -0.4 is 15.4 Å². The maximum absolute atomic E-state index is 13.9. The highest BCUT2D eigenvalue weighted by molar-refractivity contribution is 14.0. The molecular formula is C24H27FIN3O2. The number of furan rings is 1. The highest BCUT2D eigenvalue weighted by atomic mass is 127. The number of benzene rings is 2. The molecule has 0 radical (unpaired) electrons. The van der Waals surface area contributed by atoms with Crippen LogP contribution in [0.2, 0.25) is 0 Å². The first-order valence-corrected chi connectivity index (χ1v) is 10.3. The summed E-state index contributed by atoms with van der Waals surface area (Å²) in [7, 11) is 0. The van der Waals surface area contributed by atoms with Gasteiger partial charge in [-0.25, -0.2) is 4.39 Å². The maximum atomic E-state index is 13.9. The van der Waals surface area contributed by atoms with Crippen LogP contribution in [0.1, 0.15) is 29.3 Å². The minimum atomic E-state index is -0.179. The smallest absolute Gasteiger partial charge is 0.191 e. The van der Waals surface area contributed by atoms with Crippen LogP contribution in [0.5, 0.6) is 5.75 Å². The first-order chi connectivity index (χ1) is 14.8. The summed E-state index contributed by atoms with van der Waals surface area (Å²) in [6.45, 7) is 1.83. The molecule has 0 bridgehead atoms. The van der Waals surface area contributed by atoms with Crippen LogP contribution in [0, 0.1) is 5.82 Å². The van der Waals surface area contributed by atoms with Gasteiger partial charge in [-0.1, -0.05) is 36.4 Å². The molecule has 1 unspecified atom stereocenters. The molecule has 0 spiro atoms. The van der Waals surface area contributed by atoms with Gasteiger partial charge in [-0.2, -0.15) is 0 Å². The van der Waals surface area contributed by atoms with Crippen molar-refractivity contribution >= 4 is 29.9 Å². The quantitative estimate of drug-likeness (QED) is 0.257. The van der Waals surface area contributed by atoms with Crippen LogP contribution in [-0.4, -0.2) is 25.7 Å². The molecule has 2 aromatic carbocycles. The summed E-state index contributed by atoms with van der Waals surface area (Å²) >= 11 is 0. The zero-order valence-electron chi connectivity index (χ0n) is 17.2. The van der Waals surface area contributed by atoms with E-state index in [9.17, 15) is 4.39 Å². The van der Waals surface area contributed by atoms with Crippen molar-refractivity contribution in [2.45, 2.75) is 25.3 Å². The third-order valence-electron chi connectivity index (χ3n) is 5.12. The van der Waals surface area contributed by atoms with Crippen LogP contribution >= 0.6 is 24.0 Å². The zero-order valence-corrected chi connectivity index (χ0v) is 19.6. The fourth-order valence-electron chi connectivity index (χ4n) is 3.56. The summed E-state index contributed by atoms with van der Waals surface area (Å²) < 4.78 is 25.1. The predicted octanol–water partition coefficient (Wildman–Crippen LogP) is 4.88. The molecule has 31 heavy (non-hydrogen) atoms. The minimum absolute atomic E-state index is 0. The number of nitrogens with one attached hydrogen (secondary N) is 2. The largest absolute Gasteiger partial charge is 0.493 e. The number of guanidine groups is 1. The van der Waals surface area contributed by atoms with Crippen LogP contribution in [0.15, 0.2) is 76.3 Å². The molecule has 4 rings (SSSR count). The lowest BCUT2D eigenvalue weighted by Crippen LogP contribution is -2.42. The highest BCUT2D eigenvalue weighted by Gasteiger charge is 2.21. The van der Waals surface area contributed by atoms with Crippen molar-refractivity contribution in [2.24, 2.45) is 4.99 Å². The van der Waals surface area contributed by atoms with Crippen molar-refractivity contribution in [2.75, 3.05) is 19.7 Å². The van der Waals surface area contributed by atoms with E-state index in [2.05, 4.69) is 16.7 Å². The first-order valence-electron chi connectivity index (χ1n) is 10.3. The molecule has 164 valence electrons. The Bertz CT molecular complexity index is 978. The van der Waals surface area contributed by atoms with E-state index in [1.54, 1.807) is 12.3 Å². The van der Waals surface area contributed by atoms with Gasteiger partial charge in [0.25, 0.3) is 0 Å². The predicted molar refractivity (Wildman–Crippen MR) is 131 cm³/mol. The second-order valence-corrected chi connectivity index (χ2v) is 7.20. The van der Waals surface area contributed by atoms with Crippen molar-refractivity contribution in [3.05, 3.63) is 89.6 Å². The van der Waals surface area contributed by atoms with E-state index in [0.717, 1.165) is 29.9 Å². The first kappa shape index (κ1) is 23.1. The van der Waals surface area contributed by atoms with Gasteiger partial charge in [0.15, 0.2) is 5.96 Å². The van der Waals surface area contributed by atoms with Gasteiger partial charge in [0.05, 0.1) is 18.9 Å². The molecule has 1 atom stereocenters. The van der Waals surface area contributed by atoms with Gasteiger partial charge in [0, 0.05) is 31.5 Å². The molecule has 3 aromatic rings. The number of fused-ring (bicyclic) bond motifs is 1. The van der Waals surface area contributed by atoms with E-state index in [-0.39, 0.29) is 35.8 Å². The summed E-state index contributed by atoms with van der Waals surface area (Å²) in [6, 6.07) is 18.9. The van der Waals surface area contributed by atoms with Crippen molar-refractivity contribution in [1.29, 1.82) is 0 Å². The van der Waals surface area contributed by atoms with Gasteiger partial charge in [-0.05, 0) is 36.2 Å². The molecule has 0 fully saturated rings. The number of hydrogen-bond donors (Lipinski definition) is 2. The molecule has 2 N–H and O–H groups in total. The molecule has 1 aliphatic rings. The monoisotopic (exact) mass is 535 g/mol. The Labute approximate surface area is 199 Å². The van der Waals surface area contributed by atoms with Crippen molar-refractivity contribution in [3.8, 4) is 5.75 Å². The zero-order chi connectivity index (χ0) is 20.6. The number of para-hydroxylation sites is 1. The second kappa shape index (κ2) is 11.7. The van der Waals surface area contributed by atoms with Gasteiger partial charge < -0.3 is 19.8 Å². The summed E-state index contributed by atoms with van der Waals surface area (Å²) in [4.78, 5) is 4.72. The van der Waals surface area contributed by atoms with Crippen LogP contribution in [0.25, 0.3) is 0 Å². The molecule has 7 heteroatoms. The van der Waals surface area contributed by atoms with E-state index < -0.39 is 0 Å². The highest BCUT2D eigenvalue weighted by Crippen LogP contribution is 2.31. The molecule has 2 heterocycles.